The van der Waals surface area contributed by atoms with E-state index in [1.807, 2.05) is 0 Å². The average molecular weight is 305 g/mol. The zero-order valence-corrected chi connectivity index (χ0v) is 12.5. The van der Waals surface area contributed by atoms with Gasteiger partial charge in [-0.3, -0.25) is 0 Å². The van der Waals surface area contributed by atoms with Gasteiger partial charge >= 0.3 is 24.8 Å². The molecule has 23 heavy (non-hydrogen) atoms. The molecule has 0 aromatic carbocycles. The van der Waals surface area contributed by atoms with E-state index < -0.39 is 5.97 Å². The Bertz CT molecular complexity index is 811. The summed E-state index contributed by atoms with van der Waals surface area (Å²) in [7, 11) is 1.52. The fourth-order valence-electron chi connectivity index (χ4n) is 1.92. The van der Waals surface area contributed by atoms with Gasteiger partial charge in [-0.2, -0.15) is 10.2 Å². The number of aromatic carboxylic acids is 1. The number of carbonyl (C=O) groups is 1. The maximum atomic E-state index is 11.2. The van der Waals surface area contributed by atoms with Gasteiger partial charge in [0, 0.05) is 18.3 Å². The van der Waals surface area contributed by atoms with Gasteiger partial charge in [0.25, 0.3) is 0 Å². The summed E-state index contributed by atoms with van der Waals surface area (Å²) in [5, 5.41) is 21.0. The third-order valence-corrected chi connectivity index (χ3v) is 2.94. The zero-order valence-electron chi connectivity index (χ0n) is 13.5. The van der Waals surface area contributed by atoms with Crippen LogP contribution in [0.5, 0.6) is 5.88 Å². The molecule has 112 valence electrons. The topological polar surface area (TPSA) is 103 Å². The SMILES string of the molecule is COc1ccc(-n2nc(C(=O)O)cc2-c2cccnn2)cn1.[H-].[Li+]. The van der Waals surface area contributed by atoms with Crippen molar-refractivity contribution in [2.45, 2.75) is 0 Å². The molecule has 3 rings (SSSR count). The molecule has 0 saturated carbocycles. The van der Waals surface area contributed by atoms with E-state index in [-0.39, 0.29) is 26.0 Å². The molecule has 8 nitrogen and oxygen atoms in total. The number of carboxylic acid groups (broad SMARTS) is 1. The van der Waals surface area contributed by atoms with Crippen molar-refractivity contribution in [3.63, 3.8) is 0 Å². The first-order chi connectivity index (χ1) is 10.7. The van der Waals surface area contributed by atoms with Crippen molar-refractivity contribution < 1.29 is 34.9 Å². The molecule has 0 aliphatic rings. The number of hydrogen-bond donors (Lipinski definition) is 1. The van der Waals surface area contributed by atoms with Crippen molar-refractivity contribution in [1.82, 2.24) is 25.0 Å². The second kappa shape index (κ2) is 7.04. The molecule has 0 radical (unpaired) electrons. The number of carboxylic acids is 1. The summed E-state index contributed by atoms with van der Waals surface area (Å²) in [4.78, 5) is 15.3. The van der Waals surface area contributed by atoms with Crippen molar-refractivity contribution >= 4 is 5.97 Å². The van der Waals surface area contributed by atoms with Gasteiger partial charge in [-0.25, -0.2) is 14.5 Å². The summed E-state index contributed by atoms with van der Waals surface area (Å²) in [6.45, 7) is 0. The van der Waals surface area contributed by atoms with Crippen molar-refractivity contribution in [3.8, 4) is 23.0 Å². The predicted molar refractivity (Wildman–Crippen MR) is 77.0 cm³/mol. The first-order valence-electron chi connectivity index (χ1n) is 6.31. The first kappa shape index (κ1) is 16.7. The summed E-state index contributed by atoms with van der Waals surface area (Å²) in [5.41, 5.74) is 1.53. The molecule has 1 N–H and O–H groups in total. The van der Waals surface area contributed by atoms with Gasteiger partial charge in [0.15, 0.2) is 5.69 Å². The Kier molecular flexibility index (Phi) is 5.11. The number of aromatic nitrogens is 5. The maximum absolute atomic E-state index is 11.2. The minimum Gasteiger partial charge on any atom is -1.00 e. The van der Waals surface area contributed by atoms with Crippen LogP contribution in [0.2, 0.25) is 0 Å². The Morgan fingerprint density at radius 3 is 2.74 bits per heavy atom. The number of nitrogens with zero attached hydrogens (tertiary/aromatic N) is 5. The molecule has 3 heterocycles. The third kappa shape index (κ3) is 3.39. The van der Waals surface area contributed by atoms with E-state index in [9.17, 15) is 4.79 Å². The second-order valence-corrected chi connectivity index (χ2v) is 4.30. The fraction of sp³-hybridized carbons (Fsp3) is 0.0714. The van der Waals surface area contributed by atoms with Crippen LogP contribution >= 0.6 is 0 Å². The molecule has 3 aromatic rings. The van der Waals surface area contributed by atoms with E-state index in [0.29, 0.717) is 23.0 Å². The van der Waals surface area contributed by atoms with Crippen molar-refractivity contribution in [1.29, 1.82) is 0 Å². The molecular weight excluding hydrogens is 293 g/mol. The molecule has 0 saturated heterocycles. The maximum Gasteiger partial charge on any atom is 1.00 e. The van der Waals surface area contributed by atoms with E-state index in [2.05, 4.69) is 20.3 Å². The van der Waals surface area contributed by atoms with E-state index in [0.717, 1.165) is 0 Å². The molecular formula is C14H12LiN5O3. The summed E-state index contributed by atoms with van der Waals surface area (Å²) in [6.07, 6.45) is 3.08. The zero-order chi connectivity index (χ0) is 15.5. The van der Waals surface area contributed by atoms with Crippen LogP contribution in [0.1, 0.15) is 11.9 Å². The average Bonchev–Trinajstić information content (AvgIpc) is 3.01. The molecule has 0 atom stereocenters. The van der Waals surface area contributed by atoms with Crippen LogP contribution < -0.4 is 23.6 Å². The van der Waals surface area contributed by atoms with Crippen LogP contribution in [0.4, 0.5) is 0 Å². The van der Waals surface area contributed by atoms with Gasteiger partial charge in [0.1, 0.15) is 5.69 Å². The number of rotatable bonds is 4. The normalized spacial score (nSPS) is 9.96. The largest absolute Gasteiger partial charge is 1.00 e. The predicted octanol–water partition coefficient (Wildman–Crippen LogP) is -1.45. The molecule has 3 aromatic heterocycles. The number of pyridine rings is 1. The Morgan fingerprint density at radius 1 is 1.35 bits per heavy atom. The van der Waals surface area contributed by atoms with Crippen LogP contribution in [-0.2, 0) is 0 Å². The number of ether oxygens (including phenoxy) is 1. The molecule has 0 bridgehead atoms. The molecule has 0 aliphatic heterocycles. The van der Waals surface area contributed by atoms with E-state index in [4.69, 9.17) is 9.84 Å². The van der Waals surface area contributed by atoms with Crippen molar-refractivity contribution in [2.75, 3.05) is 7.11 Å². The van der Waals surface area contributed by atoms with Crippen LogP contribution in [0, 0.1) is 0 Å². The second-order valence-electron chi connectivity index (χ2n) is 4.30. The number of hydrogen-bond acceptors (Lipinski definition) is 6. The van der Waals surface area contributed by atoms with Crippen molar-refractivity contribution in [2.24, 2.45) is 0 Å². The Hall–Kier alpha value is -2.69. The molecule has 0 aliphatic carbocycles. The standard InChI is InChI=1S/C14H11N5O3.Li.H/c1-22-13-5-4-9(8-15-13)19-12(7-11(18-19)14(20)21)10-3-2-6-16-17-10;;/h2-8H,1H3,(H,20,21);;/q;+1;-1. The van der Waals surface area contributed by atoms with Crippen LogP contribution in [0.25, 0.3) is 17.1 Å². The van der Waals surface area contributed by atoms with E-state index in [1.165, 1.54) is 30.3 Å². The Labute approximate surface area is 144 Å². The molecule has 9 heteroatoms. The molecule has 0 fully saturated rings. The fourth-order valence-corrected chi connectivity index (χ4v) is 1.92. The van der Waals surface area contributed by atoms with Crippen molar-refractivity contribution in [3.05, 3.63) is 48.4 Å². The van der Waals surface area contributed by atoms with E-state index >= 15 is 0 Å². The van der Waals surface area contributed by atoms with Gasteiger partial charge in [0.2, 0.25) is 5.88 Å². The minimum absolute atomic E-state index is 0. The van der Waals surface area contributed by atoms with Crippen LogP contribution in [0.3, 0.4) is 0 Å². The van der Waals surface area contributed by atoms with Gasteiger partial charge in [-0.1, -0.05) is 0 Å². The van der Waals surface area contributed by atoms with Gasteiger partial charge in [-0.15, -0.1) is 5.10 Å². The molecule has 0 amide bonds. The monoisotopic (exact) mass is 305 g/mol. The summed E-state index contributed by atoms with van der Waals surface area (Å²) in [5.74, 6) is -0.666. The third-order valence-electron chi connectivity index (χ3n) is 2.94. The quantitative estimate of drug-likeness (QED) is 0.588. The molecule has 0 unspecified atom stereocenters. The summed E-state index contributed by atoms with van der Waals surface area (Å²) in [6, 6.07) is 8.27. The summed E-state index contributed by atoms with van der Waals surface area (Å²) >= 11 is 0. The molecule has 0 spiro atoms. The Morgan fingerprint density at radius 2 is 2.17 bits per heavy atom. The van der Waals surface area contributed by atoms with E-state index in [1.54, 1.807) is 24.3 Å². The van der Waals surface area contributed by atoms with Gasteiger partial charge in [0.05, 0.1) is 24.7 Å². The smallest absolute Gasteiger partial charge is 1.00 e. The number of methoxy groups -OCH3 is 1. The minimum atomic E-state index is -1.12. The Balaban J connectivity index is 0.00000144. The van der Waals surface area contributed by atoms with Crippen LogP contribution in [-0.4, -0.2) is 43.1 Å². The van der Waals surface area contributed by atoms with Crippen LogP contribution in [0.15, 0.2) is 42.7 Å². The summed E-state index contributed by atoms with van der Waals surface area (Å²) < 4.78 is 6.46. The van der Waals surface area contributed by atoms with Gasteiger partial charge < -0.3 is 11.3 Å². The van der Waals surface area contributed by atoms with Gasteiger partial charge in [-0.05, 0) is 18.2 Å². The first-order valence-corrected chi connectivity index (χ1v) is 6.31.